The summed E-state index contributed by atoms with van der Waals surface area (Å²) < 4.78 is 44.2. The number of aryl methyl sites for hydroxylation is 1. The van der Waals surface area contributed by atoms with Gasteiger partial charge in [-0.25, -0.2) is 17.5 Å². The number of amides is 1. The molecule has 2 aromatic carbocycles. The van der Waals surface area contributed by atoms with Gasteiger partial charge in [0.2, 0.25) is 0 Å². The van der Waals surface area contributed by atoms with E-state index >= 15 is 0 Å². The highest BCUT2D eigenvalue weighted by molar-refractivity contribution is 7.90. The molecule has 3 aromatic rings. The lowest BCUT2D eigenvalue weighted by Crippen LogP contribution is -2.23. The summed E-state index contributed by atoms with van der Waals surface area (Å²) in [5.41, 5.74) is 2.33. The number of ether oxygens (including phenoxy) is 1. The van der Waals surface area contributed by atoms with Crippen LogP contribution >= 0.6 is 0 Å². The number of halogens is 1. The van der Waals surface area contributed by atoms with Crippen molar-refractivity contribution in [1.82, 2.24) is 9.78 Å². The summed E-state index contributed by atoms with van der Waals surface area (Å²) in [5, 5.41) is 7.03. The molecule has 0 unspecified atom stereocenters. The van der Waals surface area contributed by atoms with Crippen LogP contribution in [0.5, 0.6) is 5.75 Å². The minimum Gasteiger partial charge on any atom is -0.484 e. The van der Waals surface area contributed by atoms with E-state index in [-0.39, 0.29) is 23.9 Å². The predicted molar refractivity (Wildman–Crippen MR) is 105 cm³/mol. The Morgan fingerprint density at radius 3 is 2.69 bits per heavy atom. The van der Waals surface area contributed by atoms with Crippen LogP contribution < -0.4 is 10.1 Å². The molecule has 1 aliphatic heterocycles. The monoisotopic (exact) mass is 415 g/mol. The van der Waals surface area contributed by atoms with Crippen molar-refractivity contribution in [3.63, 3.8) is 0 Å². The average molecular weight is 415 g/mol. The van der Waals surface area contributed by atoms with Gasteiger partial charge in [-0.3, -0.25) is 4.79 Å². The van der Waals surface area contributed by atoms with Gasteiger partial charge in [-0.2, -0.15) is 5.10 Å². The van der Waals surface area contributed by atoms with Crippen molar-refractivity contribution < 1.29 is 22.3 Å². The summed E-state index contributed by atoms with van der Waals surface area (Å²) in [7, 11) is -3.30. The molecule has 2 heterocycles. The number of hydrogen-bond acceptors (Lipinski definition) is 5. The number of nitrogens with zero attached hydrogens (tertiary/aromatic N) is 2. The molecule has 0 spiro atoms. The maximum absolute atomic E-state index is 13.3. The fraction of sp³-hybridized carbons (Fsp3) is 0.200. The number of fused-ring (bicyclic) bond motifs is 1. The maximum atomic E-state index is 13.3. The van der Waals surface area contributed by atoms with Crippen LogP contribution in [0.1, 0.15) is 16.8 Å². The molecule has 0 saturated heterocycles. The lowest BCUT2D eigenvalue weighted by Gasteiger charge is -2.12. The van der Waals surface area contributed by atoms with Crippen LogP contribution in [0.3, 0.4) is 0 Å². The van der Waals surface area contributed by atoms with Gasteiger partial charge < -0.3 is 10.1 Å². The van der Waals surface area contributed by atoms with E-state index in [1.807, 2.05) is 19.1 Å². The molecule has 0 aliphatic carbocycles. The quantitative estimate of drug-likeness (QED) is 0.692. The number of benzene rings is 2. The molecule has 1 aromatic heterocycles. The molecular weight excluding hydrogens is 397 g/mol. The van der Waals surface area contributed by atoms with Crippen molar-refractivity contribution in [3.05, 3.63) is 71.2 Å². The second-order valence-electron chi connectivity index (χ2n) is 6.85. The van der Waals surface area contributed by atoms with Gasteiger partial charge in [0.25, 0.3) is 5.91 Å². The Kier molecular flexibility index (Phi) is 4.83. The first-order valence-electron chi connectivity index (χ1n) is 8.87. The summed E-state index contributed by atoms with van der Waals surface area (Å²) in [6.45, 7) is 1.66. The molecule has 9 heteroatoms. The van der Waals surface area contributed by atoms with Crippen molar-refractivity contribution in [2.75, 3.05) is 11.9 Å². The van der Waals surface area contributed by atoms with Crippen LogP contribution in [0.2, 0.25) is 0 Å². The third-order valence-corrected chi connectivity index (χ3v) is 5.92. The van der Waals surface area contributed by atoms with Crippen molar-refractivity contribution in [2.45, 2.75) is 18.4 Å². The number of anilines is 1. The van der Waals surface area contributed by atoms with Gasteiger partial charge in [-0.05, 0) is 48.9 Å². The maximum Gasteiger partial charge on any atom is 0.263 e. The van der Waals surface area contributed by atoms with Crippen molar-refractivity contribution >= 4 is 21.6 Å². The van der Waals surface area contributed by atoms with E-state index in [4.69, 9.17) is 4.74 Å². The van der Waals surface area contributed by atoms with E-state index in [9.17, 15) is 17.6 Å². The van der Waals surface area contributed by atoms with E-state index in [0.717, 1.165) is 5.56 Å². The summed E-state index contributed by atoms with van der Waals surface area (Å²) in [6.07, 6.45) is 0. The summed E-state index contributed by atoms with van der Waals surface area (Å²) in [4.78, 5) is 12.5. The number of nitrogens with one attached hydrogen (secondary N) is 1. The second-order valence-corrected chi connectivity index (χ2v) is 8.91. The zero-order chi connectivity index (χ0) is 20.6. The normalized spacial score (nSPS) is 14.4. The van der Waals surface area contributed by atoms with E-state index in [0.29, 0.717) is 22.7 Å². The fourth-order valence-electron chi connectivity index (χ4n) is 3.16. The van der Waals surface area contributed by atoms with E-state index in [1.54, 1.807) is 12.1 Å². The highest BCUT2D eigenvalue weighted by Crippen LogP contribution is 2.33. The predicted octanol–water partition coefficient (Wildman–Crippen LogP) is 2.77. The van der Waals surface area contributed by atoms with Gasteiger partial charge in [-0.1, -0.05) is 12.1 Å². The third kappa shape index (κ3) is 4.14. The zero-order valence-corrected chi connectivity index (χ0v) is 16.4. The Morgan fingerprint density at radius 1 is 1.21 bits per heavy atom. The Morgan fingerprint density at radius 2 is 1.97 bits per heavy atom. The van der Waals surface area contributed by atoms with Crippen molar-refractivity contribution in [3.8, 4) is 11.4 Å². The first kappa shape index (κ1) is 19.1. The Balaban J connectivity index is 1.60. The molecule has 1 aliphatic rings. The Hall–Kier alpha value is -3.20. The summed E-state index contributed by atoms with van der Waals surface area (Å²) in [6, 6.07) is 12.8. The summed E-state index contributed by atoms with van der Waals surface area (Å²) >= 11 is 0. The topological polar surface area (TPSA) is 90.3 Å². The molecule has 0 fully saturated rings. The lowest BCUT2D eigenvalue weighted by molar-refractivity contribution is -0.118. The molecule has 0 radical (unpaired) electrons. The lowest BCUT2D eigenvalue weighted by atomic mass is 10.2. The van der Waals surface area contributed by atoms with Gasteiger partial charge in [0.05, 0.1) is 22.9 Å². The fourth-order valence-corrected chi connectivity index (χ4v) is 4.66. The van der Waals surface area contributed by atoms with E-state index in [2.05, 4.69) is 10.4 Å². The molecular formula is C20H18FN3O4S. The first-order chi connectivity index (χ1) is 13.8. The van der Waals surface area contributed by atoms with Gasteiger partial charge in [-0.15, -0.1) is 0 Å². The second kappa shape index (κ2) is 7.32. The first-order valence-corrected chi connectivity index (χ1v) is 10.7. The molecule has 7 nitrogen and oxygen atoms in total. The number of aromatic nitrogens is 2. The number of rotatable bonds is 5. The molecule has 0 saturated carbocycles. The van der Waals surface area contributed by atoms with Gasteiger partial charge in [0.1, 0.15) is 17.4 Å². The van der Waals surface area contributed by atoms with Crippen LogP contribution in [0.15, 0.2) is 48.5 Å². The highest BCUT2D eigenvalue weighted by atomic mass is 32.2. The van der Waals surface area contributed by atoms with Crippen LogP contribution in [0, 0.1) is 12.7 Å². The molecule has 0 atom stereocenters. The number of sulfone groups is 1. The number of carbonyl (C=O) groups is 1. The average Bonchev–Trinajstić information content (AvgIpc) is 3.13. The Labute approximate surface area is 167 Å². The standard InChI is InChI=1S/C20H18FN3O4S/c1-13-3-2-4-16(9-13)28-10-19(25)22-20-17-11-29(26,27)12-18(17)23-24(20)15-7-5-14(21)6-8-15/h2-9H,10-12H2,1H3,(H,22,25). The number of hydrogen-bond donors (Lipinski definition) is 1. The van der Waals surface area contributed by atoms with Gasteiger partial charge in [0, 0.05) is 5.56 Å². The molecule has 1 amide bonds. The minimum atomic E-state index is -3.30. The van der Waals surface area contributed by atoms with Crippen LogP contribution in [-0.2, 0) is 26.1 Å². The minimum absolute atomic E-state index is 0.195. The largest absolute Gasteiger partial charge is 0.484 e. The van der Waals surface area contributed by atoms with Crippen molar-refractivity contribution in [1.29, 1.82) is 0 Å². The summed E-state index contributed by atoms with van der Waals surface area (Å²) in [5.74, 6) is -0.461. The Bertz CT molecular complexity index is 1190. The van der Waals surface area contributed by atoms with E-state index in [1.165, 1.54) is 28.9 Å². The number of carbonyl (C=O) groups excluding carboxylic acids is 1. The van der Waals surface area contributed by atoms with Gasteiger partial charge in [0.15, 0.2) is 16.4 Å². The third-order valence-electron chi connectivity index (χ3n) is 4.48. The molecule has 0 bridgehead atoms. The van der Waals surface area contributed by atoms with Crippen molar-refractivity contribution in [2.24, 2.45) is 0 Å². The van der Waals surface area contributed by atoms with Crippen LogP contribution in [0.4, 0.5) is 10.2 Å². The van der Waals surface area contributed by atoms with Crippen LogP contribution in [-0.4, -0.2) is 30.7 Å². The SMILES string of the molecule is Cc1cccc(OCC(=O)Nc2c3c(nn2-c2ccc(F)cc2)CS(=O)(=O)C3)c1. The molecule has 150 valence electrons. The smallest absolute Gasteiger partial charge is 0.263 e. The van der Waals surface area contributed by atoms with Crippen LogP contribution in [0.25, 0.3) is 5.69 Å². The molecule has 1 N–H and O–H groups in total. The molecule has 29 heavy (non-hydrogen) atoms. The van der Waals surface area contributed by atoms with Gasteiger partial charge >= 0.3 is 0 Å². The zero-order valence-electron chi connectivity index (χ0n) is 15.6. The highest BCUT2D eigenvalue weighted by Gasteiger charge is 2.33. The van der Waals surface area contributed by atoms with E-state index < -0.39 is 21.6 Å². The molecule has 4 rings (SSSR count).